The third kappa shape index (κ3) is 5.65. The van der Waals surface area contributed by atoms with E-state index in [1.807, 2.05) is 47.0 Å². The minimum atomic E-state index is -0.236. The number of hydrogen-bond acceptors (Lipinski definition) is 2. The fourth-order valence-corrected chi connectivity index (χ4v) is 8.52. The smallest absolute Gasteiger partial charge is 0.147 e. The van der Waals surface area contributed by atoms with Crippen molar-refractivity contribution in [3.05, 3.63) is 218 Å². The van der Waals surface area contributed by atoms with Crippen LogP contribution in [-0.4, -0.2) is 4.57 Å². The summed E-state index contributed by atoms with van der Waals surface area (Å²) in [5.41, 5.74) is 14.0. The molecule has 0 saturated carbocycles. The highest BCUT2D eigenvalue weighted by Gasteiger charge is 2.18. The van der Waals surface area contributed by atoms with Gasteiger partial charge in [0.1, 0.15) is 17.0 Å². The zero-order valence-electron chi connectivity index (χ0n) is 31.4. The maximum absolute atomic E-state index is 15.5. The molecule has 11 rings (SSSR count). The second kappa shape index (κ2) is 13.8. The first-order valence-electron chi connectivity index (χ1n) is 19.5. The van der Waals surface area contributed by atoms with Gasteiger partial charge in [0.2, 0.25) is 0 Å². The third-order valence-corrected chi connectivity index (χ3v) is 11.3. The topological polar surface area (TPSA) is 21.3 Å². The number of para-hydroxylation sites is 4. The van der Waals surface area contributed by atoms with Crippen LogP contribution in [0.15, 0.2) is 217 Å². The van der Waals surface area contributed by atoms with Crippen molar-refractivity contribution in [3.8, 4) is 39.1 Å². The molecule has 0 atom stereocenters. The molecule has 2 aromatic heterocycles. The van der Waals surface area contributed by atoms with Gasteiger partial charge in [0.15, 0.2) is 0 Å². The van der Waals surface area contributed by atoms with Crippen molar-refractivity contribution in [2.45, 2.75) is 0 Å². The van der Waals surface area contributed by atoms with Gasteiger partial charge in [0.05, 0.1) is 11.0 Å². The van der Waals surface area contributed by atoms with E-state index in [0.29, 0.717) is 5.52 Å². The molecule has 4 heteroatoms. The van der Waals surface area contributed by atoms with Gasteiger partial charge in [-0.25, -0.2) is 4.39 Å². The van der Waals surface area contributed by atoms with Crippen LogP contribution >= 0.6 is 0 Å². The van der Waals surface area contributed by atoms with Crippen LogP contribution in [0.3, 0.4) is 0 Å². The molecule has 0 saturated heterocycles. The highest BCUT2D eigenvalue weighted by Crippen LogP contribution is 2.41. The van der Waals surface area contributed by atoms with Crippen molar-refractivity contribution in [3.63, 3.8) is 0 Å². The third-order valence-electron chi connectivity index (χ3n) is 11.3. The lowest BCUT2D eigenvalue weighted by Gasteiger charge is -2.26. The Labute approximate surface area is 335 Å². The summed E-state index contributed by atoms with van der Waals surface area (Å²) in [6.07, 6.45) is 0. The summed E-state index contributed by atoms with van der Waals surface area (Å²) in [5, 5.41) is 4.17. The van der Waals surface area contributed by atoms with E-state index in [9.17, 15) is 0 Å². The fraction of sp³-hybridized carbons (Fsp3) is 0. The van der Waals surface area contributed by atoms with Crippen LogP contribution in [0.25, 0.3) is 82.8 Å². The van der Waals surface area contributed by atoms with Crippen molar-refractivity contribution < 1.29 is 8.81 Å². The Kier molecular flexibility index (Phi) is 8.00. The lowest BCUT2D eigenvalue weighted by atomic mass is 10.0. The minimum absolute atomic E-state index is 0.236. The second-order valence-electron chi connectivity index (χ2n) is 14.7. The molecule has 0 aliphatic rings. The van der Waals surface area contributed by atoms with Crippen molar-refractivity contribution >= 4 is 60.8 Å². The minimum Gasteiger partial charge on any atom is -0.455 e. The predicted molar refractivity (Wildman–Crippen MR) is 239 cm³/mol. The van der Waals surface area contributed by atoms with Crippen molar-refractivity contribution in [2.75, 3.05) is 4.90 Å². The summed E-state index contributed by atoms with van der Waals surface area (Å²) in [6, 6.07) is 73.0. The molecular weight excluding hydrogens is 712 g/mol. The van der Waals surface area contributed by atoms with E-state index in [2.05, 4.69) is 163 Å². The van der Waals surface area contributed by atoms with Crippen LogP contribution in [0.4, 0.5) is 21.5 Å². The van der Waals surface area contributed by atoms with E-state index >= 15 is 4.39 Å². The Balaban J connectivity index is 0.978. The largest absolute Gasteiger partial charge is 0.455 e. The number of furan rings is 1. The predicted octanol–water partition coefficient (Wildman–Crippen LogP) is 15.3. The first-order valence-corrected chi connectivity index (χ1v) is 19.5. The Hall–Kier alpha value is -7.69. The van der Waals surface area contributed by atoms with Gasteiger partial charge in [-0.2, -0.15) is 0 Å². The van der Waals surface area contributed by atoms with Crippen LogP contribution in [0.5, 0.6) is 0 Å². The molecule has 0 aliphatic carbocycles. The lowest BCUT2D eigenvalue weighted by Crippen LogP contribution is -2.09. The summed E-state index contributed by atoms with van der Waals surface area (Å²) in [5.74, 6) is -0.236. The molecule has 11 aromatic rings. The molecule has 2 heterocycles. The normalized spacial score (nSPS) is 11.5. The highest BCUT2D eigenvalue weighted by atomic mass is 19.1. The summed E-state index contributed by atoms with van der Waals surface area (Å²) in [6.45, 7) is 0. The summed E-state index contributed by atoms with van der Waals surface area (Å²) < 4.78 is 23.9. The van der Waals surface area contributed by atoms with Gasteiger partial charge < -0.3 is 13.9 Å². The Morgan fingerprint density at radius 3 is 1.67 bits per heavy atom. The van der Waals surface area contributed by atoms with E-state index in [4.69, 9.17) is 4.42 Å². The number of halogens is 1. The van der Waals surface area contributed by atoms with Crippen molar-refractivity contribution in [1.29, 1.82) is 0 Å². The highest BCUT2D eigenvalue weighted by molar-refractivity contribution is 6.10. The molecule has 0 fully saturated rings. The van der Waals surface area contributed by atoms with Crippen molar-refractivity contribution in [2.24, 2.45) is 0 Å². The molecule has 9 aromatic carbocycles. The maximum Gasteiger partial charge on any atom is 0.147 e. The van der Waals surface area contributed by atoms with Crippen LogP contribution in [0, 0.1) is 5.82 Å². The first-order chi connectivity index (χ1) is 28.7. The fourth-order valence-electron chi connectivity index (χ4n) is 8.52. The average Bonchev–Trinajstić information content (AvgIpc) is 3.85. The number of rotatable bonds is 7. The molecule has 0 unspecified atom stereocenters. The number of hydrogen-bond donors (Lipinski definition) is 0. The molecule has 0 aliphatic heterocycles. The zero-order valence-corrected chi connectivity index (χ0v) is 31.4. The number of fused-ring (bicyclic) bond motifs is 6. The molecule has 3 nitrogen and oxygen atoms in total. The molecule has 0 N–H and O–H groups in total. The molecule has 0 amide bonds. The van der Waals surface area contributed by atoms with Gasteiger partial charge >= 0.3 is 0 Å². The first kappa shape index (κ1) is 33.6. The monoisotopic (exact) mass is 746 g/mol. The Bertz CT molecular complexity index is 3270. The summed E-state index contributed by atoms with van der Waals surface area (Å²) in [4.78, 5) is 2.29. The quantitative estimate of drug-likeness (QED) is 0.162. The van der Waals surface area contributed by atoms with Crippen LogP contribution in [-0.2, 0) is 0 Å². The SMILES string of the molecule is Fc1cccc2c3ccccc3n(-c3cccc(-c4ccc(N(c5ccc(-c6ccccc6)cc5)c5ccc(-c6cccc7c6oc6ccccc67)cc5)cc4)c3)c12. The number of benzene rings is 9. The maximum atomic E-state index is 15.5. The van der Waals surface area contributed by atoms with Gasteiger partial charge in [0.25, 0.3) is 0 Å². The van der Waals surface area contributed by atoms with Crippen LogP contribution < -0.4 is 4.90 Å². The van der Waals surface area contributed by atoms with Gasteiger partial charge in [0, 0.05) is 49.9 Å². The van der Waals surface area contributed by atoms with Crippen LogP contribution in [0.1, 0.15) is 0 Å². The van der Waals surface area contributed by atoms with Gasteiger partial charge in [-0.15, -0.1) is 0 Å². The summed E-state index contributed by atoms with van der Waals surface area (Å²) >= 11 is 0. The average molecular weight is 747 g/mol. The van der Waals surface area contributed by atoms with Gasteiger partial charge in [-0.1, -0.05) is 146 Å². The van der Waals surface area contributed by atoms with E-state index in [1.54, 1.807) is 6.07 Å². The molecule has 0 bridgehead atoms. The van der Waals surface area contributed by atoms with Crippen LogP contribution in [0.2, 0.25) is 0 Å². The van der Waals surface area contributed by atoms with E-state index in [1.165, 1.54) is 11.6 Å². The molecular formula is C54H35FN2O. The summed E-state index contributed by atoms with van der Waals surface area (Å²) in [7, 11) is 0. The molecule has 0 spiro atoms. The molecule has 58 heavy (non-hydrogen) atoms. The van der Waals surface area contributed by atoms with Crippen molar-refractivity contribution in [1.82, 2.24) is 4.57 Å². The van der Waals surface area contributed by atoms with E-state index < -0.39 is 0 Å². The second-order valence-corrected chi connectivity index (χ2v) is 14.7. The number of aromatic nitrogens is 1. The van der Waals surface area contributed by atoms with E-state index in [-0.39, 0.29) is 5.82 Å². The standard InChI is InChI=1S/C54H35FN2O/c55-50-20-10-18-48-46-15-4-6-21-51(46)57(53(48)50)44-14-8-13-40(35-44)38-25-31-42(32-26-38)56(41-29-23-37(24-30-41)36-11-2-1-3-12-36)43-33-27-39(28-34-43)45-17-9-19-49-47-16-5-7-22-52(47)58-54(45)49/h1-35H. The molecule has 0 radical (unpaired) electrons. The van der Waals surface area contributed by atoms with Gasteiger partial charge in [-0.3, -0.25) is 0 Å². The number of anilines is 3. The Morgan fingerprint density at radius 2 is 0.931 bits per heavy atom. The molecule has 274 valence electrons. The Morgan fingerprint density at radius 1 is 0.397 bits per heavy atom. The lowest BCUT2D eigenvalue weighted by molar-refractivity contribution is 0.635. The van der Waals surface area contributed by atoms with E-state index in [0.717, 1.165) is 88.8 Å². The zero-order chi connectivity index (χ0) is 38.6. The van der Waals surface area contributed by atoms with Gasteiger partial charge in [-0.05, 0) is 94.5 Å². The number of nitrogens with zero attached hydrogens (tertiary/aromatic N) is 2.